The van der Waals surface area contributed by atoms with Gasteiger partial charge in [-0.3, -0.25) is 0 Å². The Balaban J connectivity index is 1.53. The Hall–Kier alpha value is -2.70. The average molecular weight is 687 g/mol. The van der Waals surface area contributed by atoms with E-state index in [-0.39, 0.29) is 31.0 Å². The van der Waals surface area contributed by atoms with Gasteiger partial charge in [-0.25, -0.2) is 0 Å². The monoisotopic (exact) mass is 686 g/mol. The number of hydrogen-bond donors (Lipinski definition) is 2. The van der Waals surface area contributed by atoms with Gasteiger partial charge in [0.25, 0.3) is 0 Å². The average Bonchev–Trinajstić information content (AvgIpc) is 3.89. The molecule has 2 N–H and O–H groups in total. The van der Waals surface area contributed by atoms with Gasteiger partial charge in [-0.05, 0) is 113 Å². The molecule has 1 aliphatic heterocycles. The molecule has 0 aromatic heterocycles. The molecule has 0 amide bonds. The van der Waals surface area contributed by atoms with Crippen LogP contribution in [0.2, 0.25) is 0 Å². The Morgan fingerprint density at radius 1 is 0.740 bits per heavy atom. The topological polar surface area (TPSA) is 71.5 Å². The molecule has 1 fully saturated rings. The second kappa shape index (κ2) is 18.7. The van der Waals surface area contributed by atoms with Crippen molar-refractivity contribution in [2.75, 3.05) is 26.4 Å². The van der Waals surface area contributed by atoms with Gasteiger partial charge in [-0.15, -0.1) is 0 Å². The van der Waals surface area contributed by atoms with E-state index >= 15 is 0 Å². The smallest absolute Gasteiger partial charge is 0.184 e. The van der Waals surface area contributed by atoms with Gasteiger partial charge in [0.2, 0.25) is 0 Å². The summed E-state index contributed by atoms with van der Waals surface area (Å²) in [7, 11) is 0. The zero-order chi connectivity index (χ0) is 36.3. The van der Waals surface area contributed by atoms with E-state index in [1.54, 1.807) is 0 Å². The predicted octanol–water partition coefficient (Wildman–Crippen LogP) is 10.5. The second-order valence-corrected chi connectivity index (χ2v) is 16.4. The maximum Gasteiger partial charge on any atom is 0.184 e. The lowest BCUT2D eigenvalue weighted by Gasteiger charge is -2.32. The number of aliphatic hydroxyl groups is 2. The summed E-state index contributed by atoms with van der Waals surface area (Å²) in [4.78, 5) is 0. The molecule has 4 rings (SSSR count). The molecule has 276 valence electrons. The molecule has 0 bridgehead atoms. The van der Waals surface area contributed by atoms with Gasteiger partial charge < -0.3 is 24.4 Å². The highest BCUT2D eigenvalue weighted by Crippen LogP contribution is 2.37. The summed E-state index contributed by atoms with van der Waals surface area (Å²) in [5.74, 6) is 1.83. The number of rotatable bonds is 21. The fourth-order valence-electron chi connectivity index (χ4n) is 6.66. The van der Waals surface area contributed by atoms with Crippen molar-refractivity contribution < 1.29 is 24.4 Å². The van der Waals surface area contributed by atoms with Crippen LogP contribution in [0.3, 0.4) is 0 Å². The normalized spacial score (nSPS) is 16.9. The van der Waals surface area contributed by atoms with Gasteiger partial charge >= 0.3 is 0 Å². The van der Waals surface area contributed by atoms with Gasteiger partial charge in [0.15, 0.2) is 6.29 Å². The summed E-state index contributed by atoms with van der Waals surface area (Å²) < 4.78 is 18.5. The van der Waals surface area contributed by atoms with Crippen LogP contribution >= 0.6 is 0 Å². The standard InChI is InChI=1S/C45H66O5/c1-9-11-12-13-34-14-16-36(17-15-34)37-18-20-40(35(10-2)28-37)38-19-21-41(48-27-25-45(30-46,31-47)24-23-44(6,7)8)39(29-38)22-26-49-43-42(50-43)33(5)32(3)4/h14-21,28-29,32-33,42-43,46-47H,9-13,22-27,30-31H2,1-8H3. The third-order valence-electron chi connectivity index (χ3n) is 10.9. The molecule has 1 saturated heterocycles. The fraction of sp³-hybridized carbons (Fsp3) is 0.600. The van der Waals surface area contributed by atoms with Crippen LogP contribution in [0.25, 0.3) is 22.3 Å². The fourth-order valence-corrected chi connectivity index (χ4v) is 6.66. The summed E-state index contributed by atoms with van der Waals surface area (Å²) >= 11 is 0. The molecular formula is C45H66O5. The summed E-state index contributed by atoms with van der Waals surface area (Å²) in [5.41, 5.74) is 8.29. The number of hydrogen-bond acceptors (Lipinski definition) is 5. The molecule has 5 heteroatoms. The minimum absolute atomic E-state index is 0.0567. The van der Waals surface area contributed by atoms with Crippen LogP contribution in [0, 0.1) is 22.7 Å². The minimum atomic E-state index is -0.560. The highest BCUT2D eigenvalue weighted by molar-refractivity contribution is 5.75. The third-order valence-corrected chi connectivity index (χ3v) is 10.9. The van der Waals surface area contributed by atoms with Crippen LogP contribution in [0.4, 0.5) is 0 Å². The Kier molecular flexibility index (Phi) is 15.0. The van der Waals surface area contributed by atoms with Gasteiger partial charge in [-0.1, -0.05) is 117 Å². The molecule has 0 aliphatic carbocycles. The molecular weight excluding hydrogens is 620 g/mol. The van der Waals surface area contributed by atoms with E-state index in [1.807, 2.05) is 0 Å². The SMILES string of the molecule is CCCCCc1ccc(-c2ccc(-c3ccc(OCCC(CO)(CO)CCC(C)(C)C)c(CCOC4OC4C(C)C(C)C)c3)c(CC)c2)cc1. The molecule has 1 aliphatic rings. The highest BCUT2D eigenvalue weighted by atomic mass is 16.8. The maximum absolute atomic E-state index is 10.3. The molecule has 3 atom stereocenters. The van der Waals surface area contributed by atoms with Gasteiger partial charge in [0, 0.05) is 5.41 Å². The Labute approximate surface area is 303 Å². The van der Waals surface area contributed by atoms with Gasteiger partial charge in [-0.2, -0.15) is 0 Å². The first-order valence-electron chi connectivity index (χ1n) is 19.4. The number of unbranched alkanes of at least 4 members (excludes halogenated alkanes) is 2. The summed E-state index contributed by atoms with van der Waals surface area (Å²) in [6.45, 7) is 18.6. The van der Waals surface area contributed by atoms with Crippen LogP contribution < -0.4 is 4.74 Å². The zero-order valence-corrected chi connectivity index (χ0v) is 32.4. The molecule has 5 nitrogen and oxygen atoms in total. The van der Waals surface area contributed by atoms with Crippen LogP contribution in [0.15, 0.2) is 60.7 Å². The van der Waals surface area contributed by atoms with Crippen molar-refractivity contribution in [2.45, 2.75) is 126 Å². The minimum Gasteiger partial charge on any atom is -0.493 e. The van der Waals surface area contributed by atoms with E-state index in [2.05, 4.69) is 116 Å². The third kappa shape index (κ3) is 11.4. The van der Waals surface area contributed by atoms with Crippen molar-refractivity contribution in [3.8, 4) is 28.0 Å². The molecule has 0 spiro atoms. The van der Waals surface area contributed by atoms with Crippen molar-refractivity contribution in [3.63, 3.8) is 0 Å². The van der Waals surface area contributed by atoms with E-state index in [4.69, 9.17) is 14.2 Å². The first-order valence-corrected chi connectivity index (χ1v) is 19.4. The number of aryl methyl sites for hydroxylation is 2. The number of ether oxygens (including phenoxy) is 3. The number of epoxide rings is 1. The predicted molar refractivity (Wildman–Crippen MR) is 208 cm³/mol. The van der Waals surface area contributed by atoms with Crippen LogP contribution in [0.5, 0.6) is 5.75 Å². The highest BCUT2D eigenvalue weighted by Gasteiger charge is 2.44. The lowest BCUT2D eigenvalue weighted by molar-refractivity contribution is 0.0201. The molecule has 1 heterocycles. The molecule has 0 radical (unpaired) electrons. The van der Waals surface area contributed by atoms with Crippen molar-refractivity contribution >= 4 is 0 Å². The summed E-state index contributed by atoms with van der Waals surface area (Å²) in [6, 6.07) is 22.5. The van der Waals surface area contributed by atoms with Gasteiger partial charge in [0.05, 0.1) is 26.4 Å². The second-order valence-electron chi connectivity index (χ2n) is 16.4. The van der Waals surface area contributed by atoms with E-state index < -0.39 is 5.41 Å². The quantitative estimate of drug-likeness (QED) is 0.0862. The van der Waals surface area contributed by atoms with E-state index in [9.17, 15) is 10.2 Å². The van der Waals surface area contributed by atoms with E-state index in [0.717, 1.165) is 37.0 Å². The largest absolute Gasteiger partial charge is 0.493 e. The lowest BCUT2D eigenvalue weighted by Crippen LogP contribution is -2.33. The Bertz CT molecular complexity index is 1450. The van der Waals surface area contributed by atoms with Crippen molar-refractivity contribution in [1.82, 2.24) is 0 Å². The Morgan fingerprint density at radius 3 is 2.06 bits per heavy atom. The maximum atomic E-state index is 10.3. The van der Waals surface area contributed by atoms with Crippen LogP contribution in [-0.2, 0) is 28.7 Å². The van der Waals surface area contributed by atoms with Crippen molar-refractivity contribution in [1.29, 1.82) is 0 Å². The number of benzene rings is 3. The molecule has 3 aromatic carbocycles. The van der Waals surface area contributed by atoms with Crippen molar-refractivity contribution in [2.24, 2.45) is 22.7 Å². The van der Waals surface area contributed by atoms with Crippen LogP contribution in [-0.4, -0.2) is 49.0 Å². The first-order chi connectivity index (χ1) is 23.9. The van der Waals surface area contributed by atoms with Gasteiger partial charge in [0.1, 0.15) is 11.9 Å². The Morgan fingerprint density at radius 2 is 1.42 bits per heavy atom. The summed E-state index contributed by atoms with van der Waals surface area (Å²) in [5, 5.41) is 20.6. The van der Waals surface area contributed by atoms with E-state index in [1.165, 1.54) is 52.6 Å². The number of aliphatic hydroxyl groups excluding tert-OH is 2. The zero-order valence-electron chi connectivity index (χ0n) is 32.4. The summed E-state index contributed by atoms with van der Waals surface area (Å²) in [6.07, 6.45) is 8.84. The van der Waals surface area contributed by atoms with E-state index in [0.29, 0.717) is 37.9 Å². The van der Waals surface area contributed by atoms with Crippen molar-refractivity contribution in [3.05, 3.63) is 77.4 Å². The first kappa shape index (κ1) is 40.1. The lowest BCUT2D eigenvalue weighted by atomic mass is 9.76. The molecule has 0 saturated carbocycles. The van der Waals surface area contributed by atoms with Crippen LogP contribution in [0.1, 0.15) is 111 Å². The molecule has 3 unspecified atom stereocenters. The molecule has 50 heavy (non-hydrogen) atoms. The molecule has 3 aromatic rings.